The Morgan fingerprint density at radius 3 is 2.43 bits per heavy atom. The van der Waals surface area contributed by atoms with E-state index in [1.807, 2.05) is 0 Å². The third-order valence-electron chi connectivity index (χ3n) is 4.38. The molecule has 5 heteroatoms. The fourth-order valence-corrected chi connectivity index (χ4v) is 3.28. The maximum absolute atomic E-state index is 14.2. The molecule has 0 atom stereocenters. The van der Waals surface area contributed by atoms with Crippen molar-refractivity contribution in [3.8, 4) is 5.75 Å². The number of halogens is 2. The van der Waals surface area contributed by atoms with E-state index in [1.165, 1.54) is 6.07 Å². The van der Waals surface area contributed by atoms with Gasteiger partial charge in [-0.3, -0.25) is 0 Å². The summed E-state index contributed by atoms with van der Waals surface area (Å²) >= 11 is 0. The van der Waals surface area contributed by atoms with Gasteiger partial charge >= 0.3 is 0 Å². The second kappa shape index (κ2) is 5.89. The third-order valence-corrected chi connectivity index (χ3v) is 4.38. The number of benzene rings is 1. The van der Waals surface area contributed by atoms with Crippen molar-refractivity contribution in [3.05, 3.63) is 29.3 Å². The average molecular weight is 298 g/mol. The van der Waals surface area contributed by atoms with Crippen molar-refractivity contribution >= 4 is 0 Å². The lowest BCUT2D eigenvalue weighted by Gasteiger charge is -2.35. The molecule has 0 radical (unpaired) electrons. The van der Waals surface area contributed by atoms with E-state index in [0.717, 1.165) is 25.7 Å². The van der Waals surface area contributed by atoms with Crippen molar-refractivity contribution in [2.45, 2.75) is 44.3 Å². The highest BCUT2D eigenvalue weighted by Gasteiger charge is 2.41. The maximum atomic E-state index is 14.2. The second-order valence-electron chi connectivity index (χ2n) is 5.60. The average Bonchev–Trinajstić information content (AvgIpc) is 2.94. The lowest BCUT2D eigenvalue weighted by Crippen LogP contribution is -2.34. The summed E-state index contributed by atoms with van der Waals surface area (Å²) in [6, 6.07) is 3.16. The van der Waals surface area contributed by atoms with Gasteiger partial charge in [0.15, 0.2) is 17.4 Å². The normalized spacial score (nSPS) is 21.9. The van der Waals surface area contributed by atoms with Crippen LogP contribution in [0.3, 0.4) is 0 Å². The van der Waals surface area contributed by atoms with Gasteiger partial charge in [-0.05, 0) is 37.3 Å². The van der Waals surface area contributed by atoms with Crippen LogP contribution < -0.4 is 4.74 Å². The predicted molar refractivity (Wildman–Crippen MR) is 73.4 cm³/mol. The first kappa shape index (κ1) is 14.7. The Kier molecular flexibility index (Phi) is 4.13. The molecular formula is C16H20F2O3. The molecule has 116 valence electrons. The van der Waals surface area contributed by atoms with Gasteiger partial charge in [0.2, 0.25) is 5.82 Å². The number of rotatable bonds is 3. The molecular weight excluding hydrogens is 278 g/mol. The lowest BCUT2D eigenvalue weighted by molar-refractivity contribution is -0.178. The van der Waals surface area contributed by atoms with Crippen LogP contribution in [0.1, 0.15) is 44.1 Å². The summed E-state index contributed by atoms with van der Waals surface area (Å²) in [7, 11) is 0. The van der Waals surface area contributed by atoms with Gasteiger partial charge in [-0.15, -0.1) is 0 Å². The van der Waals surface area contributed by atoms with Crippen LogP contribution in [-0.4, -0.2) is 25.6 Å². The first-order valence-corrected chi connectivity index (χ1v) is 7.54. The summed E-state index contributed by atoms with van der Waals surface area (Å²) in [5, 5.41) is 0. The van der Waals surface area contributed by atoms with Gasteiger partial charge in [0.25, 0.3) is 0 Å². The van der Waals surface area contributed by atoms with Crippen molar-refractivity contribution in [1.82, 2.24) is 0 Å². The Balaban J connectivity index is 1.74. The lowest BCUT2D eigenvalue weighted by atomic mass is 9.80. The smallest absolute Gasteiger partial charge is 0.200 e. The SMILES string of the molecule is CCOc1ccc(C2CCC3(CC2)OCCO3)c(F)c1F. The molecule has 1 aliphatic heterocycles. The molecule has 1 aromatic carbocycles. The zero-order valence-corrected chi connectivity index (χ0v) is 12.2. The van der Waals surface area contributed by atoms with E-state index in [1.54, 1.807) is 13.0 Å². The van der Waals surface area contributed by atoms with Gasteiger partial charge in [-0.1, -0.05) is 6.07 Å². The molecule has 1 aromatic rings. The largest absolute Gasteiger partial charge is 0.491 e. The highest BCUT2D eigenvalue weighted by molar-refractivity contribution is 5.33. The minimum absolute atomic E-state index is 0.00796. The molecule has 3 nitrogen and oxygen atoms in total. The number of hydrogen-bond acceptors (Lipinski definition) is 3. The fraction of sp³-hybridized carbons (Fsp3) is 0.625. The quantitative estimate of drug-likeness (QED) is 0.850. The van der Waals surface area contributed by atoms with Crippen LogP contribution in [0.4, 0.5) is 8.78 Å². The zero-order valence-electron chi connectivity index (χ0n) is 12.2. The Hall–Kier alpha value is -1.20. The molecule has 2 fully saturated rings. The first-order valence-electron chi connectivity index (χ1n) is 7.54. The maximum Gasteiger partial charge on any atom is 0.200 e. The third kappa shape index (κ3) is 2.77. The molecule has 0 N–H and O–H groups in total. The summed E-state index contributed by atoms with van der Waals surface area (Å²) in [6.07, 6.45) is 2.94. The Morgan fingerprint density at radius 1 is 1.14 bits per heavy atom. The molecule has 0 unspecified atom stereocenters. The van der Waals surface area contributed by atoms with Crippen molar-refractivity contribution < 1.29 is 23.0 Å². The molecule has 0 bridgehead atoms. The van der Waals surface area contributed by atoms with Gasteiger partial charge in [-0.25, -0.2) is 4.39 Å². The van der Waals surface area contributed by atoms with Crippen LogP contribution in [0, 0.1) is 11.6 Å². The summed E-state index contributed by atoms with van der Waals surface area (Å²) in [6.45, 7) is 3.30. The molecule has 1 saturated carbocycles. The van der Waals surface area contributed by atoms with Gasteiger partial charge in [0.05, 0.1) is 19.8 Å². The summed E-state index contributed by atoms with van der Waals surface area (Å²) in [5.74, 6) is -2.16. The minimum Gasteiger partial charge on any atom is -0.491 e. The fourth-order valence-electron chi connectivity index (χ4n) is 3.28. The highest BCUT2D eigenvalue weighted by atomic mass is 19.2. The van der Waals surface area contributed by atoms with Gasteiger partial charge in [0.1, 0.15) is 0 Å². The van der Waals surface area contributed by atoms with E-state index in [4.69, 9.17) is 14.2 Å². The van der Waals surface area contributed by atoms with Crippen LogP contribution in [-0.2, 0) is 9.47 Å². The van der Waals surface area contributed by atoms with Crippen molar-refractivity contribution in [1.29, 1.82) is 0 Å². The molecule has 1 spiro atoms. The topological polar surface area (TPSA) is 27.7 Å². The Labute approximate surface area is 123 Å². The molecule has 1 saturated heterocycles. The summed E-state index contributed by atoms with van der Waals surface area (Å²) in [4.78, 5) is 0. The minimum atomic E-state index is -0.886. The predicted octanol–water partition coefficient (Wildman–Crippen LogP) is 3.76. The summed E-state index contributed by atoms with van der Waals surface area (Å²) in [5.41, 5.74) is 0.434. The van der Waals surface area contributed by atoms with Crippen molar-refractivity contribution in [3.63, 3.8) is 0 Å². The van der Waals surface area contributed by atoms with Gasteiger partial charge in [-0.2, -0.15) is 4.39 Å². The van der Waals surface area contributed by atoms with Crippen LogP contribution in [0.2, 0.25) is 0 Å². The van der Waals surface area contributed by atoms with E-state index in [2.05, 4.69) is 0 Å². The number of hydrogen-bond donors (Lipinski definition) is 0. The molecule has 2 aliphatic rings. The summed E-state index contributed by atoms with van der Waals surface area (Å²) < 4.78 is 44.6. The Morgan fingerprint density at radius 2 is 1.81 bits per heavy atom. The molecule has 3 rings (SSSR count). The second-order valence-corrected chi connectivity index (χ2v) is 5.60. The zero-order chi connectivity index (χ0) is 14.9. The van der Waals surface area contributed by atoms with Crippen LogP contribution in [0.25, 0.3) is 0 Å². The van der Waals surface area contributed by atoms with E-state index in [0.29, 0.717) is 25.4 Å². The monoisotopic (exact) mass is 298 g/mol. The van der Waals surface area contributed by atoms with Crippen LogP contribution >= 0.6 is 0 Å². The van der Waals surface area contributed by atoms with Crippen LogP contribution in [0.15, 0.2) is 12.1 Å². The first-order chi connectivity index (χ1) is 10.2. The van der Waals surface area contributed by atoms with Gasteiger partial charge < -0.3 is 14.2 Å². The van der Waals surface area contributed by atoms with Crippen molar-refractivity contribution in [2.24, 2.45) is 0 Å². The van der Waals surface area contributed by atoms with E-state index in [9.17, 15) is 8.78 Å². The molecule has 21 heavy (non-hydrogen) atoms. The van der Waals surface area contributed by atoms with Crippen LogP contribution in [0.5, 0.6) is 5.75 Å². The number of ether oxygens (including phenoxy) is 3. The molecule has 0 amide bonds. The molecule has 0 aromatic heterocycles. The molecule has 1 aliphatic carbocycles. The van der Waals surface area contributed by atoms with E-state index >= 15 is 0 Å². The van der Waals surface area contributed by atoms with Crippen molar-refractivity contribution in [2.75, 3.05) is 19.8 Å². The standard InChI is InChI=1S/C16H20F2O3/c1-2-19-13-4-3-12(14(17)15(13)18)11-5-7-16(8-6-11)20-9-10-21-16/h3-4,11H,2,5-10H2,1H3. The Bertz CT molecular complexity index is 502. The highest BCUT2D eigenvalue weighted by Crippen LogP contribution is 2.43. The van der Waals surface area contributed by atoms with E-state index in [-0.39, 0.29) is 11.7 Å². The van der Waals surface area contributed by atoms with E-state index < -0.39 is 17.4 Å². The molecule has 1 heterocycles. The van der Waals surface area contributed by atoms with Gasteiger partial charge in [0, 0.05) is 12.8 Å².